The van der Waals surface area contributed by atoms with Crippen LogP contribution in [0.25, 0.3) is 0 Å². The third kappa shape index (κ3) is 11.1. The van der Waals surface area contributed by atoms with Crippen molar-refractivity contribution in [2.45, 2.75) is 84.5 Å². The number of rotatable bonds is 13. The molecule has 0 spiro atoms. The molecule has 0 fully saturated rings. The molecule has 0 N–H and O–H groups in total. The van der Waals surface area contributed by atoms with Crippen LogP contribution in [0.5, 0.6) is 0 Å². The van der Waals surface area contributed by atoms with Crippen LogP contribution in [0.1, 0.15) is 84.5 Å². The molecule has 0 saturated heterocycles. The molecule has 0 aromatic carbocycles. The predicted octanol–water partition coefficient (Wildman–Crippen LogP) is 5.33. The molecule has 0 rings (SSSR count). The molecule has 2 nitrogen and oxygen atoms in total. The fraction of sp³-hybridized carbons (Fsp3) is 0.833. The zero-order valence-corrected chi connectivity index (χ0v) is 14.0. The highest BCUT2D eigenvalue weighted by molar-refractivity contribution is 5.91. The number of likely N-dealkylation sites (N-methyl/N-ethyl adjacent to an activating group) is 1. The topological polar surface area (TPSA) is 20.3 Å². The van der Waals surface area contributed by atoms with Crippen LogP contribution in [0, 0.1) is 0 Å². The standard InChI is InChI=1S/C18H35NO/c1-5-6-7-8-9-10-11-12-13-14-15-16-19(4)18(20)17(2)3/h2,5-16H2,1,3-4H3. The number of unbranched alkanes of at least 4 members (excludes halogenated alkanes) is 10. The van der Waals surface area contributed by atoms with Gasteiger partial charge in [-0.15, -0.1) is 0 Å². The molecule has 0 saturated carbocycles. The summed E-state index contributed by atoms with van der Waals surface area (Å²) in [4.78, 5) is 13.4. The molecule has 0 aliphatic carbocycles. The van der Waals surface area contributed by atoms with Crippen molar-refractivity contribution in [1.82, 2.24) is 4.90 Å². The lowest BCUT2D eigenvalue weighted by atomic mass is 10.1. The van der Waals surface area contributed by atoms with Crippen LogP contribution in [0.15, 0.2) is 12.2 Å². The van der Waals surface area contributed by atoms with Crippen molar-refractivity contribution in [1.29, 1.82) is 0 Å². The number of hydrogen-bond acceptors (Lipinski definition) is 1. The molecule has 0 aliphatic heterocycles. The summed E-state index contributed by atoms with van der Waals surface area (Å²) in [6.45, 7) is 8.60. The molecule has 0 aromatic heterocycles. The van der Waals surface area contributed by atoms with Crippen LogP contribution in [-0.4, -0.2) is 24.4 Å². The Balaban J connectivity index is 3.24. The van der Waals surface area contributed by atoms with Crippen molar-refractivity contribution >= 4 is 5.91 Å². The molecule has 0 heterocycles. The van der Waals surface area contributed by atoms with Gasteiger partial charge < -0.3 is 4.90 Å². The molecule has 0 aromatic rings. The van der Waals surface area contributed by atoms with E-state index in [-0.39, 0.29) is 5.91 Å². The van der Waals surface area contributed by atoms with Crippen molar-refractivity contribution in [3.8, 4) is 0 Å². The first kappa shape index (κ1) is 19.2. The fourth-order valence-electron chi connectivity index (χ4n) is 2.44. The molecule has 118 valence electrons. The van der Waals surface area contributed by atoms with E-state index >= 15 is 0 Å². The second kappa shape index (κ2) is 13.2. The van der Waals surface area contributed by atoms with Crippen molar-refractivity contribution in [3.05, 3.63) is 12.2 Å². The van der Waals surface area contributed by atoms with Gasteiger partial charge in [0.2, 0.25) is 5.91 Å². The average molecular weight is 281 g/mol. The molecule has 0 radical (unpaired) electrons. The Morgan fingerprint density at radius 3 is 1.65 bits per heavy atom. The van der Waals surface area contributed by atoms with Gasteiger partial charge in [-0.2, -0.15) is 0 Å². The van der Waals surface area contributed by atoms with E-state index in [9.17, 15) is 4.79 Å². The highest BCUT2D eigenvalue weighted by Crippen LogP contribution is 2.11. The first-order chi connectivity index (χ1) is 9.59. The van der Waals surface area contributed by atoms with Crippen molar-refractivity contribution in [3.63, 3.8) is 0 Å². The van der Waals surface area contributed by atoms with E-state index in [0.29, 0.717) is 5.57 Å². The highest BCUT2D eigenvalue weighted by Gasteiger charge is 2.07. The van der Waals surface area contributed by atoms with E-state index in [0.717, 1.165) is 13.0 Å². The zero-order chi connectivity index (χ0) is 15.2. The fourth-order valence-corrected chi connectivity index (χ4v) is 2.44. The Labute approximate surface area is 126 Å². The molecule has 1 amide bonds. The summed E-state index contributed by atoms with van der Waals surface area (Å²) in [5.41, 5.74) is 0.635. The molecule has 0 unspecified atom stereocenters. The van der Waals surface area contributed by atoms with Crippen molar-refractivity contribution < 1.29 is 4.79 Å². The maximum absolute atomic E-state index is 11.6. The first-order valence-corrected chi connectivity index (χ1v) is 8.50. The number of amides is 1. The van der Waals surface area contributed by atoms with Crippen LogP contribution in [-0.2, 0) is 4.79 Å². The summed E-state index contributed by atoms with van der Waals surface area (Å²) in [5, 5.41) is 0. The van der Waals surface area contributed by atoms with E-state index in [1.807, 2.05) is 7.05 Å². The van der Waals surface area contributed by atoms with Gasteiger partial charge in [0.15, 0.2) is 0 Å². The van der Waals surface area contributed by atoms with Gasteiger partial charge in [0, 0.05) is 19.2 Å². The molecule has 0 bridgehead atoms. The molecule has 2 heteroatoms. The minimum atomic E-state index is 0.0806. The van der Waals surface area contributed by atoms with Crippen LogP contribution in [0.2, 0.25) is 0 Å². The van der Waals surface area contributed by atoms with Crippen LogP contribution >= 0.6 is 0 Å². The minimum absolute atomic E-state index is 0.0806. The Morgan fingerprint density at radius 2 is 1.25 bits per heavy atom. The van der Waals surface area contributed by atoms with Crippen LogP contribution < -0.4 is 0 Å². The zero-order valence-electron chi connectivity index (χ0n) is 14.0. The predicted molar refractivity (Wildman–Crippen MR) is 88.9 cm³/mol. The maximum atomic E-state index is 11.6. The third-order valence-corrected chi connectivity index (χ3v) is 3.81. The lowest BCUT2D eigenvalue weighted by Crippen LogP contribution is -2.27. The van der Waals surface area contributed by atoms with Gasteiger partial charge in [0.05, 0.1) is 0 Å². The first-order valence-electron chi connectivity index (χ1n) is 8.50. The smallest absolute Gasteiger partial charge is 0.248 e. The summed E-state index contributed by atoms with van der Waals surface area (Å²) < 4.78 is 0. The lowest BCUT2D eigenvalue weighted by molar-refractivity contribution is -0.125. The van der Waals surface area contributed by atoms with Gasteiger partial charge in [0.25, 0.3) is 0 Å². The summed E-state index contributed by atoms with van der Waals surface area (Å²) in [5.74, 6) is 0.0806. The van der Waals surface area contributed by atoms with Gasteiger partial charge in [-0.1, -0.05) is 77.7 Å². The molecule has 0 aliphatic rings. The summed E-state index contributed by atoms with van der Waals surface area (Å²) in [7, 11) is 1.87. The second-order valence-corrected chi connectivity index (χ2v) is 6.04. The SMILES string of the molecule is C=C(C)C(=O)N(C)CCCCCCCCCCCCC. The van der Waals surface area contributed by atoms with Gasteiger partial charge in [-0.25, -0.2) is 0 Å². The molecule has 20 heavy (non-hydrogen) atoms. The lowest BCUT2D eigenvalue weighted by Gasteiger charge is -2.16. The van der Waals surface area contributed by atoms with Crippen molar-refractivity contribution in [2.24, 2.45) is 0 Å². The van der Waals surface area contributed by atoms with Crippen molar-refractivity contribution in [2.75, 3.05) is 13.6 Å². The molecule has 0 atom stereocenters. The number of carbonyl (C=O) groups is 1. The Bertz CT molecular complexity index is 260. The highest BCUT2D eigenvalue weighted by atomic mass is 16.2. The normalized spacial score (nSPS) is 10.6. The number of carbonyl (C=O) groups excluding carboxylic acids is 1. The maximum Gasteiger partial charge on any atom is 0.248 e. The monoisotopic (exact) mass is 281 g/mol. The second-order valence-electron chi connectivity index (χ2n) is 6.04. The van der Waals surface area contributed by atoms with Crippen LogP contribution in [0.4, 0.5) is 0 Å². The average Bonchev–Trinajstić information content (AvgIpc) is 2.43. The Kier molecular flexibility index (Phi) is 12.7. The quantitative estimate of drug-likeness (QED) is 0.330. The molecular weight excluding hydrogens is 246 g/mol. The molecular formula is C18H35NO. The van der Waals surface area contributed by atoms with E-state index in [4.69, 9.17) is 0 Å². The summed E-state index contributed by atoms with van der Waals surface area (Å²) in [6, 6.07) is 0. The van der Waals surface area contributed by atoms with Gasteiger partial charge in [-0.05, 0) is 13.3 Å². The largest absolute Gasteiger partial charge is 0.342 e. The Hall–Kier alpha value is -0.790. The van der Waals surface area contributed by atoms with E-state index in [2.05, 4.69) is 13.5 Å². The van der Waals surface area contributed by atoms with Gasteiger partial charge >= 0.3 is 0 Å². The Morgan fingerprint density at radius 1 is 0.850 bits per heavy atom. The van der Waals surface area contributed by atoms with E-state index in [1.54, 1.807) is 11.8 Å². The van der Waals surface area contributed by atoms with Gasteiger partial charge in [0.1, 0.15) is 0 Å². The van der Waals surface area contributed by atoms with E-state index < -0.39 is 0 Å². The summed E-state index contributed by atoms with van der Waals surface area (Å²) >= 11 is 0. The minimum Gasteiger partial charge on any atom is -0.342 e. The van der Waals surface area contributed by atoms with E-state index in [1.165, 1.54) is 64.2 Å². The third-order valence-electron chi connectivity index (χ3n) is 3.81. The number of nitrogens with zero attached hydrogens (tertiary/aromatic N) is 1. The van der Waals surface area contributed by atoms with Gasteiger partial charge in [-0.3, -0.25) is 4.79 Å². The number of hydrogen-bond donors (Lipinski definition) is 0. The summed E-state index contributed by atoms with van der Waals surface area (Å²) in [6.07, 6.45) is 14.8. The van der Waals surface area contributed by atoms with Crippen LogP contribution in [0.3, 0.4) is 0 Å².